The summed E-state index contributed by atoms with van der Waals surface area (Å²) in [6.07, 6.45) is 0. The molecule has 0 atom stereocenters. The van der Waals surface area contributed by atoms with Crippen LogP contribution in [0.4, 0.5) is 0 Å². The van der Waals surface area contributed by atoms with Gasteiger partial charge in [0.2, 0.25) is 0 Å². The number of pyridine rings is 3. The Morgan fingerprint density at radius 2 is 0.739 bits per heavy atom. The molecule has 3 nitrogen and oxygen atoms in total. The van der Waals surface area contributed by atoms with Gasteiger partial charge in [0.15, 0.2) is 0 Å². The normalized spacial score (nSPS) is 12.3. The van der Waals surface area contributed by atoms with Crippen molar-refractivity contribution < 1.29 is 12.8 Å². The van der Waals surface area contributed by atoms with Crippen LogP contribution in [0.25, 0.3) is 0 Å². The summed E-state index contributed by atoms with van der Waals surface area (Å²) in [5.41, 5.74) is 0. The van der Waals surface area contributed by atoms with Gasteiger partial charge in [0.1, 0.15) is 30.2 Å². The first-order valence-corrected chi connectivity index (χ1v) is 11.9. The molecule has 4 rings (SSSR count). The molecule has 3 aromatic rings. The maximum Gasteiger partial charge on any atom is 0.104 e. The van der Waals surface area contributed by atoms with Gasteiger partial charge in [-0.3, -0.25) is 0 Å². The topological polar surface area (TPSA) is 38.7 Å². The minimum Gasteiger partial charge on any atom is -0.234 e. The van der Waals surface area contributed by atoms with E-state index in [0.29, 0.717) is 0 Å². The third-order valence-electron chi connectivity index (χ3n) is 2.72. The van der Waals surface area contributed by atoms with Crippen molar-refractivity contribution in [1.82, 2.24) is 15.0 Å². The average Bonchev–Trinajstić information content (AvgIpc) is 2.57. The predicted octanol–water partition coefficient (Wildman–Crippen LogP) is 5.52. The van der Waals surface area contributed by atoms with Crippen molar-refractivity contribution in [2.75, 3.05) is 0 Å². The number of fused-ring (bicyclic) bond motifs is 6. The Labute approximate surface area is 166 Å². The molecule has 1 aliphatic heterocycles. The van der Waals surface area contributed by atoms with Crippen molar-refractivity contribution in [3.63, 3.8) is 0 Å². The monoisotopic (exact) mass is 517 g/mol. The van der Waals surface area contributed by atoms with Crippen LogP contribution in [0.3, 0.4) is 0 Å². The second-order valence-corrected chi connectivity index (χ2v) is 7.37. The average molecular weight is 518 g/mol. The van der Waals surface area contributed by atoms with Crippen molar-refractivity contribution in [3.05, 3.63) is 54.6 Å². The molecule has 3 aromatic heterocycles. The van der Waals surface area contributed by atoms with Crippen molar-refractivity contribution in [2.45, 2.75) is 30.2 Å². The van der Waals surface area contributed by atoms with E-state index in [-0.39, 0.29) is 0 Å². The van der Waals surface area contributed by atoms with E-state index in [1.807, 2.05) is 54.6 Å². The number of aromatic nitrogens is 3. The third kappa shape index (κ3) is 4.87. The van der Waals surface area contributed by atoms with Crippen LogP contribution < -0.4 is 0 Å². The van der Waals surface area contributed by atoms with Crippen molar-refractivity contribution >= 4 is 55.6 Å². The zero-order valence-corrected chi connectivity index (χ0v) is 17.0. The smallest absolute Gasteiger partial charge is 0.104 e. The summed E-state index contributed by atoms with van der Waals surface area (Å²) < 4.78 is 0. The molecule has 0 unspecified atom stereocenters. The Morgan fingerprint density at radius 1 is 0.522 bits per heavy atom. The number of nitrogens with zero attached hydrogens (tertiary/aromatic N) is 3. The van der Waals surface area contributed by atoms with Crippen LogP contribution in [0.1, 0.15) is 0 Å². The first-order chi connectivity index (χ1) is 11.3. The molecule has 0 radical (unpaired) electrons. The zero-order valence-electron chi connectivity index (χ0n) is 11.4. The van der Waals surface area contributed by atoms with Gasteiger partial charge in [0.25, 0.3) is 0 Å². The van der Waals surface area contributed by atoms with Crippen LogP contribution in [-0.2, 0) is 12.8 Å². The van der Waals surface area contributed by atoms with E-state index in [4.69, 9.17) is 0 Å². The van der Waals surface area contributed by atoms with E-state index in [2.05, 4.69) is 27.7 Å². The standard InChI is InChI=1S/C15H9N3S3.Cu.HI/c1-4-10-16-11(5-1)20-13-7-3-9-15(18-13)21-14-8-2-6-12(17-14)19-10;;/h1-9H;;1H/q;+1;/p-1. The molecule has 0 amide bonds. The van der Waals surface area contributed by atoms with Crippen LogP contribution in [0, 0.1) is 0 Å². The fraction of sp³-hybridized carbons (Fsp3) is 0. The molecule has 6 bridgehead atoms. The van der Waals surface area contributed by atoms with Gasteiger partial charge in [-0.15, -0.1) is 0 Å². The summed E-state index contributed by atoms with van der Waals surface area (Å²) in [6.45, 7) is 0. The molecule has 0 aliphatic carbocycles. The van der Waals surface area contributed by atoms with E-state index in [0.717, 1.165) is 30.2 Å². The molecule has 0 spiro atoms. The molecule has 1 aliphatic rings. The van der Waals surface area contributed by atoms with Gasteiger partial charge >= 0.3 is 33.1 Å². The van der Waals surface area contributed by atoms with Gasteiger partial charge in [-0.2, -0.15) is 0 Å². The molecule has 120 valence electrons. The zero-order chi connectivity index (χ0) is 16.1. The van der Waals surface area contributed by atoms with Gasteiger partial charge in [0, 0.05) is 0 Å². The van der Waals surface area contributed by atoms with Gasteiger partial charge in [0.05, 0.1) is 0 Å². The second-order valence-electron chi connectivity index (χ2n) is 4.25. The summed E-state index contributed by atoms with van der Waals surface area (Å²) >= 11 is 10.6. The van der Waals surface area contributed by atoms with Crippen molar-refractivity contribution in [1.29, 1.82) is 0 Å². The van der Waals surface area contributed by atoms with Gasteiger partial charge in [-0.1, -0.05) is 53.5 Å². The number of rotatable bonds is 0. The maximum atomic E-state index is 4.65. The molecule has 0 saturated carbocycles. The Bertz CT molecular complexity index is 659. The maximum absolute atomic E-state index is 4.65. The van der Waals surface area contributed by atoms with Crippen molar-refractivity contribution in [2.24, 2.45) is 0 Å². The van der Waals surface area contributed by atoms with Crippen LogP contribution >= 0.6 is 55.6 Å². The van der Waals surface area contributed by atoms with E-state index in [1.165, 1.54) is 0 Å². The Morgan fingerprint density at radius 3 is 0.957 bits per heavy atom. The summed E-state index contributed by atoms with van der Waals surface area (Å²) in [6, 6.07) is 18.1. The molecule has 0 saturated heterocycles. The summed E-state index contributed by atoms with van der Waals surface area (Å²) in [4.78, 5) is 14.0. The van der Waals surface area contributed by atoms with E-state index < -0.39 is 0 Å². The van der Waals surface area contributed by atoms with Crippen LogP contribution in [0.5, 0.6) is 0 Å². The fourth-order valence-corrected chi connectivity index (χ4v) is 4.41. The van der Waals surface area contributed by atoms with Crippen LogP contribution in [0.2, 0.25) is 0 Å². The molecule has 23 heavy (non-hydrogen) atoms. The quantitative estimate of drug-likeness (QED) is 0.226. The molecule has 0 aromatic carbocycles. The van der Waals surface area contributed by atoms with Crippen LogP contribution in [-0.4, -0.2) is 15.0 Å². The minimum absolute atomic E-state index is 0.950. The Kier molecular flexibility index (Phi) is 6.67. The number of halogens is 1. The van der Waals surface area contributed by atoms with E-state index in [1.54, 1.807) is 55.6 Å². The molecular formula is C15H9CuIN3S3. The number of hydrogen-bond acceptors (Lipinski definition) is 6. The summed E-state index contributed by atoms with van der Waals surface area (Å²) in [5, 5.41) is 5.70. The SMILES string of the molecule is [Cu][I].c1cc2nc(c1)Sc1cccc(n1)Sc1cccc(n1)S2. The van der Waals surface area contributed by atoms with E-state index in [9.17, 15) is 0 Å². The number of hydrogen-bond donors (Lipinski definition) is 0. The molecule has 8 heteroatoms. The second kappa shape index (κ2) is 8.73. The largest absolute Gasteiger partial charge is 0.234 e. The molecule has 4 heterocycles. The molecule has 0 fully saturated rings. The van der Waals surface area contributed by atoms with Crippen LogP contribution in [0.15, 0.2) is 84.8 Å². The minimum atomic E-state index is 0.950. The van der Waals surface area contributed by atoms with Gasteiger partial charge < -0.3 is 0 Å². The fourth-order valence-electron chi connectivity index (χ4n) is 1.85. The van der Waals surface area contributed by atoms with Gasteiger partial charge in [-0.25, -0.2) is 15.0 Å². The summed E-state index contributed by atoms with van der Waals surface area (Å²) in [5.74, 6) is 0. The third-order valence-corrected chi connectivity index (χ3v) is 5.34. The van der Waals surface area contributed by atoms with Gasteiger partial charge in [-0.05, 0) is 36.4 Å². The van der Waals surface area contributed by atoms with Crippen molar-refractivity contribution in [3.8, 4) is 0 Å². The Hall–Kier alpha value is -0.251. The molecular weight excluding hydrogens is 509 g/mol. The predicted molar refractivity (Wildman–Crippen MR) is 99.1 cm³/mol. The molecule has 0 N–H and O–H groups in total. The Balaban J connectivity index is 0.000000753. The first kappa shape index (κ1) is 17.6. The summed E-state index contributed by atoms with van der Waals surface area (Å²) in [7, 11) is 0. The first-order valence-electron chi connectivity index (χ1n) is 6.41. The van der Waals surface area contributed by atoms with E-state index >= 15 is 0 Å².